The van der Waals surface area contributed by atoms with E-state index < -0.39 is 11.9 Å². The van der Waals surface area contributed by atoms with E-state index in [-0.39, 0.29) is 36.1 Å². The molecule has 1 amide bonds. The number of likely N-dealkylation sites (tertiary alicyclic amines) is 1. The lowest BCUT2D eigenvalue weighted by Crippen LogP contribution is -2.57. The van der Waals surface area contributed by atoms with E-state index in [9.17, 15) is 14.4 Å². The summed E-state index contributed by atoms with van der Waals surface area (Å²) < 4.78 is 10.7. The van der Waals surface area contributed by atoms with Gasteiger partial charge in [0.1, 0.15) is 6.10 Å². The third kappa shape index (κ3) is 2.07. The Labute approximate surface area is 164 Å². The summed E-state index contributed by atoms with van der Waals surface area (Å²) >= 11 is 0. The number of amides is 1. The van der Waals surface area contributed by atoms with Crippen LogP contribution in [0.4, 0.5) is 0 Å². The molecule has 28 heavy (non-hydrogen) atoms. The molecule has 6 nitrogen and oxygen atoms in total. The summed E-state index contributed by atoms with van der Waals surface area (Å²) in [7, 11) is 0. The van der Waals surface area contributed by atoms with Gasteiger partial charge >= 0.3 is 11.9 Å². The Morgan fingerprint density at radius 3 is 2.61 bits per heavy atom. The number of nitrogens with zero attached hydrogens (tertiary/aromatic N) is 1. The first-order valence-corrected chi connectivity index (χ1v) is 10.8. The molecule has 0 aromatic carbocycles. The molecule has 1 aliphatic heterocycles. The zero-order chi connectivity index (χ0) is 19.2. The Bertz CT molecular complexity index is 763. The van der Waals surface area contributed by atoms with E-state index in [2.05, 4.69) is 11.5 Å². The van der Waals surface area contributed by atoms with Gasteiger partial charge in [0.25, 0.3) is 0 Å². The molecule has 150 valence electrons. The van der Waals surface area contributed by atoms with E-state index in [0.717, 1.165) is 43.6 Å². The predicted octanol–water partition coefficient (Wildman–Crippen LogP) is 2.07. The van der Waals surface area contributed by atoms with Gasteiger partial charge in [-0.2, -0.15) is 0 Å². The number of hydrogen-bond acceptors (Lipinski definition) is 5. The first kappa shape index (κ1) is 17.0. The van der Waals surface area contributed by atoms with Crippen LogP contribution in [0.25, 0.3) is 0 Å². The molecule has 0 N–H and O–H groups in total. The topological polar surface area (TPSA) is 72.9 Å². The minimum atomic E-state index is -0.625. The van der Waals surface area contributed by atoms with Crippen molar-refractivity contribution >= 4 is 17.8 Å². The first-order chi connectivity index (χ1) is 13.5. The van der Waals surface area contributed by atoms with Crippen LogP contribution >= 0.6 is 0 Å². The highest BCUT2D eigenvalue weighted by atomic mass is 16.6. The Kier molecular flexibility index (Phi) is 3.41. The highest BCUT2D eigenvalue weighted by Crippen LogP contribution is 2.67. The second kappa shape index (κ2) is 5.61. The molecule has 0 radical (unpaired) electrons. The normalized spacial score (nSPS) is 49.1. The van der Waals surface area contributed by atoms with Gasteiger partial charge < -0.3 is 14.4 Å². The maximum Gasteiger partial charge on any atom is 0.344 e. The van der Waals surface area contributed by atoms with Crippen LogP contribution in [-0.4, -0.2) is 47.0 Å². The Morgan fingerprint density at radius 1 is 1.14 bits per heavy atom. The van der Waals surface area contributed by atoms with Gasteiger partial charge in [0.2, 0.25) is 5.91 Å². The van der Waals surface area contributed by atoms with E-state index in [1.54, 1.807) is 0 Å². The average molecular weight is 385 g/mol. The van der Waals surface area contributed by atoms with Crippen LogP contribution in [0.3, 0.4) is 0 Å². The maximum absolute atomic E-state index is 13.5. The molecule has 6 saturated carbocycles. The lowest BCUT2D eigenvalue weighted by atomic mass is 9.79. The third-order valence-electron chi connectivity index (χ3n) is 8.93. The zero-order valence-electron chi connectivity index (χ0n) is 16.0. The summed E-state index contributed by atoms with van der Waals surface area (Å²) in [5.74, 6) is 2.12. The summed E-state index contributed by atoms with van der Waals surface area (Å²) in [5.41, 5.74) is 0.0293. The molecule has 0 spiro atoms. The average Bonchev–Trinajstić information content (AvgIpc) is 3.39. The Balaban J connectivity index is 1.26. The second-order valence-electron chi connectivity index (χ2n) is 10.1. The summed E-state index contributed by atoms with van der Waals surface area (Å²) in [6.07, 6.45) is 8.81. The van der Waals surface area contributed by atoms with Crippen molar-refractivity contribution in [2.75, 3.05) is 6.61 Å². The molecule has 7 aliphatic rings. The van der Waals surface area contributed by atoms with Gasteiger partial charge in [-0.15, -0.1) is 0 Å². The molecule has 0 aromatic heterocycles. The van der Waals surface area contributed by atoms with Crippen LogP contribution in [-0.2, 0) is 23.9 Å². The van der Waals surface area contributed by atoms with Crippen molar-refractivity contribution in [3.8, 4) is 0 Å². The summed E-state index contributed by atoms with van der Waals surface area (Å²) in [6.45, 7) is 2.95. The lowest BCUT2D eigenvalue weighted by molar-refractivity contribution is -0.166. The van der Waals surface area contributed by atoms with E-state index in [1.807, 2.05) is 0 Å². The van der Waals surface area contributed by atoms with E-state index in [1.165, 1.54) is 19.3 Å². The van der Waals surface area contributed by atoms with Gasteiger partial charge in [0, 0.05) is 17.5 Å². The molecule has 6 bridgehead atoms. The largest absolute Gasteiger partial charge is 0.457 e. The summed E-state index contributed by atoms with van der Waals surface area (Å²) in [5, 5.41) is 0. The monoisotopic (exact) mass is 385 g/mol. The first-order valence-electron chi connectivity index (χ1n) is 10.8. The molecule has 7 fully saturated rings. The molecule has 7 unspecified atom stereocenters. The smallest absolute Gasteiger partial charge is 0.344 e. The predicted molar refractivity (Wildman–Crippen MR) is 97.7 cm³/mol. The molecule has 1 saturated heterocycles. The number of hydrogen-bond donors (Lipinski definition) is 0. The van der Waals surface area contributed by atoms with Crippen molar-refractivity contribution in [3.63, 3.8) is 0 Å². The van der Waals surface area contributed by atoms with Crippen molar-refractivity contribution in [1.82, 2.24) is 4.90 Å². The van der Waals surface area contributed by atoms with Crippen LogP contribution in [0.2, 0.25) is 0 Å². The lowest BCUT2D eigenvalue weighted by Gasteiger charge is -2.46. The van der Waals surface area contributed by atoms with Crippen LogP contribution in [0.15, 0.2) is 12.7 Å². The van der Waals surface area contributed by atoms with Crippen molar-refractivity contribution in [1.29, 1.82) is 0 Å². The van der Waals surface area contributed by atoms with Crippen LogP contribution < -0.4 is 0 Å². The molecule has 1 heterocycles. The van der Waals surface area contributed by atoms with E-state index in [0.29, 0.717) is 17.7 Å². The zero-order valence-corrected chi connectivity index (χ0v) is 16.0. The van der Waals surface area contributed by atoms with Gasteiger partial charge in [0.05, 0.1) is 6.04 Å². The molecule has 7 atom stereocenters. The minimum absolute atomic E-state index is 0.0293. The Morgan fingerprint density at radius 2 is 1.89 bits per heavy atom. The number of rotatable bonds is 5. The van der Waals surface area contributed by atoms with E-state index in [4.69, 9.17) is 9.47 Å². The van der Waals surface area contributed by atoms with Crippen molar-refractivity contribution in [2.24, 2.45) is 35.5 Å². The molecule has 6 aliphatic carbocycles. The molecule has 6 heteroatoms. The van der Waals surface area contributed by atoms with Crippen molar-refractivity contribution in [2.45, 2.75) is 62.6 Å². The quantitative estimate of drug-likeness (QED) is 0.535. The minimum Gasteiger partial charge on any atom is -0.457 e. The number of carbonyl (C=O) groups is 3. The molecule has 0 aromatic rings. The van der Waals surface area contributed by atoms with Gasteiger partial charge in [-0.25, -0.2) is 9.59 Å². The SMILES string of the molecule is C=CC(=O)OCC(=O)OC1C2CC3C(=O)N(C45CC6CC(CC4C6)C5)C1C3C2. The van der Waals surface area contributed by atoms with Gasteiger partial charge in [-0.05, 0) is 74.5 Å². The van der Waals surface area contributed by atoms with Crippen LogP contribution in [0.5, 0.6) is 0 Å². The van der Waals surface area contributed by atoms with Crippen molar-refractivity contribution in [3.05, 3.63) is 12.7 Å². The number of esters is 2. The fourth-order valence-corrected chi connectivity index (χ4v) is 8.43. The highest BCUT2D eigenvalue weighted by Gasteiger charge is 2.71. The maximum atomic E-state index is 13.5. The third-order valence-corrected chi connectivity index (χ3v) is 8.93. The highest BCUT2D eigenvalue weighted by molar-refractivity contribution is 5.85. The van der Waals surface area contributed by atoms with Gasteiger partial charge in [0.15, 0.2) is 6.61 Å². The second-order valence-corrected chi connectivity index (χ2v) is 10.1. The number of ether oxygens (including phenoxy) is 2. The van der Waals surface area contributed by atoms with Crippen LogP contribution in [0, 0.1) is 35.5 Å². The summed E-state index contributed by atoms with van der Waals surface area (Å²) in [6, 6.07) is 0.0356. The van der Waals surface area contributed by atoms with Crippen molar-refractivity contribution < 1.29 is 23.9 Å². The molecular weight excluding hydrogens is 358 g/mol. The molecule has 7 rings (SSSR count). The molecular formula is C22H27NO5. The van der Waals surface area contributed by atoms with E-state index >= 15 is 0 Å². The van der Waals surface area contributed by atoms with Gasteiger partial charge in [-0.3, -0.25) is 4.79 Å². The van der Waals surface area contributed by atoms with Gasteiger partial charge in [-0.1, -0.05) is 6.58 Å². The fraction of sp³-hybridized carbons (Fsp3) is 0.773. The fourth-order valence-electron chi connectivity index (χ4n) is 8.43. The summed E-state index contributed by atoms with van der Waals surface area (Å²) in [4.78, 5) is 39.3. The standard InChI is InChI=1S/C22H27NO5/c1-2-17(24)27-10-18(25)28-20-13-6-15-16(7-13)21(26)23(19(15)20)22-8-11-3-12(9-22)5-14(22)4-11/h2,11-16,19-20H,1,3-10H2. The van der Waals surface area contributed by atoms with Crippen LogP contribution in [0.1, 0.15) is 44.9 Å². The number of carbonyl (C=O) groups excluding carboxylic acids is 3. The Hall–Kier alpha value is -1.85. The number of fused-ring (bicyclic) bond motifs is 1.